The normalized spacial score (nSPS) is 15.7. The van der Waals surface area contributed by atoms with Gasteiger partial charge in [-0.1, -0.05) is 35.5 Å². The van der Waals surface area contributed by atoms with Crippen LogP contribution in [0.15, 0.2) is 53.7 Å². The molecule has 3 aromatic rings. The minimum absolute atomic E-state index is 0.103. The molecule has 4 rings (SSSR count). The lowest BCUT2D eigenvalue weighted by Gasteiger charge is -2.27. The number of aromatic nitrogens is 3. The Morgan fingerprint density at radius 3 is 2.75 bits per heavy atom. The van der Waals surface area contributed by atoms with Crippen LogP contribution in [0, 0.1) is 0 Å². The number of nitrogens with zero attached hydrogens (tertiary/aromatic N) is 4. The molecule has 2 heterocycles. The van der Waals surface area contributed by atoms with E-state index >= 15 is 0 Å². The van der Waals surface area contributed by atoms with Crippen molar-refractivity contribution in [3.63, 3.8) is 0 Å². The summed E-state index contributed by atoms with van der Waals surface area (Å²) in [7, 11) is 1.83. The fraction of sp³-hybridized carbons (Fsp3) is 0.273. The molecule has 166 valence electrons. The van der Waals surface area contributed by atoms with E-state index < -0.39 is 0 Å². The first kappa shape index (κ1) is 22.2. The number of fused-ring (bicyclic) bond motifs is 1. The number of rotatable bonds is 6. The number of amides is 2. The maximum absolute atomic E-state index is 13.1. The number of hydrogen-bond acceptors (Lipinski definition) is 6. The molecule has 1 aromatic heterocycles. The van der Waals surface area contributed by atoms with Crippen LogP contribution in [0.4, 0.5) is 11.4 Å². The van der Waals surface area contributed by atoms with Crippen molar-refractivity contribution in [3.05, 3.63) is 59.4 Å². The Kier molecular flexibility index (Phi) is 6.66. The van der Waals surface area contributed by atoms with E-state index in [1.54, 1.807) is 39.8 Å². The van der Waals surface area contributed by atoms with Crippen molar-refractivity contribution in [2.75, 3.05) is 16.0 Å². The summed E-state index contributed by atoms with van der Waals surface area (Å²) in [6.07, 6.45) is 0.237. The van der Waals surface area contributed by atoms with Gasteiger partial charge in [-0.25, -0.2) is 0 Å². The smallest absolute Gasteiger partial charge is 0.237 e. The van der Waals surface area contributed by atoms with Crippen LogP contribution in [0.3, 0.4) is 0 Å². The second-order valence-corrected chi connectivity index (χ2v) is 8.75. The van der Waals surface area contributed by atoms with Crippen LogP contribution in [0.25, 0.3) is 0 Å². The highest BCUT2D eigenvalue weighted by Crippen LogP contribution is 2.32. The SMILES string of the molecule is C[C@H]1CC(=O)Nc2ccccc2N1C(=O)CSc1nnc(COc2ccc(Cl)cc2)n1C. The number of hydrogen-bond donors (Lipinski definition) is 1. The molecule has 10 heteroatoms. The molecule has 1 aliphatic rings. The Bertz CT molecular complexity index is 1130. The lowest BCUT2D eigenvalue weighted by atomic mass is 10.2. The molecule has 0 fully saturated rings. The molecule has 0 saturated carbocycles. The second kappa shape index (κ2) is 9.62. The van der Waals surface area contributed by atoms with Crippen molar-refractivity contribution in [2.45, 2.75) is 31.1 Å². The van der Waals surface area contributed by atoms with Crippen LogP contribution in [0.2, 0.25) is 5.02 Å². The Balaban J connectivity index is 1.42. The number of anilines is 2. The summed E-state index contributed by atoms with van der Waals surface area (Å²) in [5.74, 6) is 1.27. The molecule has 1 N–H and O–H groups in total. The third kappa shape index (κ3) is 4.89. The van der Waals surface area contributed by atoms with Gasteiger partial charge in [0.1, 0.15) is 12.4 Å². The van der Waals surface area contributed by atoms with Crippen molar-refractivity contribution in [2.24, 2.45) is 7.05 Å². The number of carbonyl (C=O) groups is 2. The molecule has 0 bridgehead atoms. The largest absolute Gasteiger partial charge is 0.486 e. The molecule has 2 aromatic carbocycles. The van der Waals surface area contributed by atoms with Gasteiger partial charge in [-0.05, 0) is 43.3 Å². The molecule has 0 radical (unpaired) electrons. The predicted octanol–water partition coefficient (Wildman–Crippen LogP) is 3.90. The number of para-hydroxylation sites is 2. The summed E-state index contributed by atoms with van der Waals surface area (Å²) >= 11 is 7.19. The Labute approximate surface area is 194 Å². The zero-order valence-corrected chi connectivity index (χ0v) is 19.2. The molecule has 32 heavy (non-hydrogen) atoms. The highest BCUT2D eigenvalue weighted by Gasteiger charge is 2.29. The lowest BCUT2D eigenvalue weighted by molar-refractivity contribution is -0.117. The van der Waals surface area contributed by atoms with Crippen molar-refractivity contribution >= 4 is 46.6 Å². The van der Waals surface area contributed by atoms with E-state index in [1.807, 2.05) is 32.2 Å². The zero-order chi connectivity index (χ0) is 22.7. The van der Waals surface area contributed by atoms with Crippen LogP contribution < -0.4 is 15.0 Å². The summed E-state index contributed by atoms with van der Waals surface area (Å²) in [5.41, 5.74) is 1.34. The van der Waals surface area contributed by atoms with Gasteiger partial charge < -0.3 is 19.5 Å². The third-order valence-electron chi connectivity index (χ3n) is 5.06. The summed E-state index contributed by atoms with van der Waals surface area (Å²) in [6, 6.07) is 14.2. The van der Waals surface area contributed by atoms with Crippen LogP contribution in [0.5, 0.6) is 5.75 Å². The van der Waals surface area contributed by atoms with Gasteiger partial charge >= 0.3 is 0 Å². The minimum atomic E-state index is -0.255. The van der Waals surface area contributed by atoms with E-state index in [-0.39, 0.29) is 36.6 Å². The highest BCUT2D eigenvalue weighted by molar-refractivity contribution is 7.99. The van der Waals surface area contributed by atoms with E-state index in [4.69, 9.17) is 16.3 Å². The summed E-state index contributed by atoms with van der Waals surface area (Å²) in [5, 5.41) is 12.5. The van der Waals surface area contributed by atoms with Gasteiger partial charge in [0, 0.05) is 24.5 Å². The first-order chi connectivity index (χ1) is 15.4. The fourth-order valence-corrected chi connectivity index (χ4v) is 4.35. The number of benzene rings is 2. The van der Waals surface area contributed by atoms with Crippen LogP contribution in [0.1, 0.15) is 19.2 Å². The van der Waals surface area contributed by atoms with E-state index in [1.165, 1.54) is 11.8 Å². The van der Waals surface area contributed by atoms with E-state index in [0.717, 1.165) is 0 Å². The molecule has 2 amide bonds. The van der Waals surface area contributed by atoms with Crippen LogP contribution in [-0.4, -0.2) is 38.4 Å². The average molecular weight is 472 g/mol. The molecular weight excluding hydrogens is 450 g/mol. The molecule has 0 aliphatic carbocycles. The lowest BCUT2D eigenvalue weighted by Crippen LogP contribution is -2.40. The molecule has 8 nitrogen and oxygen atoms in total. The molecule has 1 atom stereocenters. The highest BCUT2D eigenvalue weighted by atomic mass is 35.5. The van der Waals surface area contributed by atoms with E-state index in [2.05, 4.69) is 15.5 Å². The zero-order valence-electron chi connectivity index (χ0n) is 17.6. The van der Waals surface area contributed by atoms with Crippen LogP contribution in [-0.2, 0) is 23.2 Å². The topological polar surface area (TPSA) is 89.3 Å². The summed E-state index contributed by atoms with van der Waals surface area (Å²) in [6.45, 7) is 2.11. The van der Waals surface area contributed by atoms with Crippen molar-refractivity contribution in [1.29, 1.82) is 0 Å². The van der Waals surface area contributed by atoms with Crippen molar-refractivity contribution in [3.8, 4) is 5.75 Å². The van der Waals surface area contributed by atoms with Gasteiger partial charge in [0.15, 0.2) is 11.0 Å². The third-order valence-corrected chi connectivity index (χ3v) is 6.32. The monoisotopic (exact) mass is 471 g/mol. The number of nitrogens with one attached hydrogen (secondary N) is 1. The first-order valence-corrected chi connectivity index (χ1v) is 11.4. The number of ether oxygens (including phenoxy) is 1. The minimum Gasteiger partial charge on any atom is -0.486 e. The summed E-state index contributed by atoms with van der Waals surface area (Å²) in [4.78, 5) is 27.0. The molecular formula is C22H22ClN5O3S. The van der Waals surface area contributed by atoms with E-state index in [9.17, 15) is 9.59 Å². The van der Waals surface area contributed by atoms with Crippen molar-refractivity contribution in [1.82, 2.24) is 14.8 Å². The van der Waals surface area contributed by atoms with E-state index in [0.29, 0.717) is 33.1 Å². The van der Waals surface area contributed by atoms with Gasteiger partial charge in [-0.3, -0.25) is 9.59 Å². The van der Waals surface area contributed by atoms with Gasteiger partial charge in [0.2, 0.25) is 11.8 Å². The standard InChI is InChI=1S/C22H22ClN5O3S/c1-14-11-20(29)24-17-5-3-4-6-18(17)28(14)21(30)13-32-22-26-25-19(27(22)2)12-31-16-9-7-15(23)8-10-16/h3-10,14H,11-13H2,1-2H3,(H,24,29)/t14-/m0/s1. The van der Waals surface area contributed by atoms with Crippen molar-refractivity contribution < 1.29 is 14.3 Å². The quantitative estimate of drug-likeness (QED) is 0.548. The van der Waals surface area contributed by atoms with Gasteiger partial charge in [0.05, 0.1) is 17.1 Å². The first-order valence-electron chi connectivity index (χ1n) is 10.0. The predicted molar refractivity (Wildman–Crippen MR) is 124 cm³/mol. The Hall–Kier alpha value is -3.04. The Morgan fingerprint density at radius 2 is 1.97 bits per heavy atom. The van der Waals surface area contributed by atoms with Gasteiger partial charge in [-0.15, -0.1) is 10.2 Å². The molecule has 0 unspecified atom stereocenters. The molecule has 0 spiro atoms. The second-order valence-electron chi connectivity index (χ2n) is 7.37. The number of carbonyl (C=O) groups excluding carboxylic acids is 2. The Morgan fingerprint density at radius 1 is 1.22 bits per heavy atom. The maximum atomic E-state index is 13.1. The average Bonchev–Trinajstić information content (AvgIpc) is 3.05. The van der Waals surface area contributed by atoms with Gasteiger partial charge in [0.25, 0.3) is 0 Å². The fourth-order valence-electron chi connectivity index (χ4n) is 3.44. The molecule has 0 saturated heterocycles. The van der Waals surface area contributed by atoms with Crippen LogP contribution >= 0.6 is 23.4 Å². The number of halogens is 1. The number of thioether (sulfide) groups is 1. The summed E-state index contributed by atoms with van der Waals surface area (Å²) < 4.78 is 7.54. The van der Waals surface area contributed by atoms with Gasteiger partial charge in [-0.2, -0.15) is 0 Å². The molecule has 1 aliphatic heterocycles. The maximum Gasteiger partial charge on any atom is 0.237 e.